The first-order valence-corrected chi connectivity index (χ1v) is 10.4. The van der Waals surface area contributed by atoms with E-state index in [1.54, 1.807) is 6.92 Å². The monoisotopic (exact) mass is 392 g/mol. The van der Waals surface area contributed by atoms with Crippen molar-refractivity contribution in [1.82, 2.24) is 19.8 Å². The molecule has 152 valence electrons. The van der Waals surface area contributed by atoms with Gasteiger partial charge in [0, 0.05) is 44.7 Å². The van der Waals surface area contributed by atoms with Gasteiger partial charge in [-0.2, -0.15) is 0 Å². The highest BCUT2D eigenvalue weighted by atomic mass is 16.2. The van der Waals surface area contributed by atoms with Crippen LogP contribution in [0.1, 0.15) is 66.9 Å². The molecule has 2 aromatic rings. The van der Waals surface area contributed by atoms with Gasteiger partial charge in [0.25, 0.3) is 0 Å². The van der Waals surface area contributed by atoms with Gasteiger partial charge < -0.3 is 9.80 Å². The molecule has 4 rings (SSSR count). The summed E-state index contributed by atoms with van der Waals surface area (Å²) in [6, 6.07) is 8.15. The summed E-state index contributed by atoms with van der Waals surface area (Å²) >= 11 is 0. The maximum absolute atomic E-state index is 13.0. The lowest BCUT2D eigenvalue weighted by Crippen LogP contribution is -2.39. The minimum absolute atomic E-state index is 0.0148. The van der Waals surface area contributed by atoms with Gasteiger partial charge >= 0.3 is 0 Å². The largest absolute Gasteiger partial charge is 0.337 e. The number of carbonyl (C=O) groups is 2. The summed E-state index contributed by atoms with van der Waals surface area (Å²) in [5.41, 5.74) is 4.26. The zero-order valence-corrected chi connectivity index (χ0v) is 17.4. The normalized spacial score (nSPS) is 19.8. The number of aromatic nitrogens is 2. The molecule has 0 unspecified atom stereocenters. The van der Waals surface area contributed by atoms with Crippen LogP contribution in [-0.4, -0.2) is 44.7 Å². The number of nitrogens with zero attached hydrogens (tertiary/aromatic N) is 4. The SMILES string of the molecule is CC(=O)N1CCC[C@@H]1c1ncc2c(n1)CCN(C(=O)[C@H](C)c1ccc(C)cc1)C2. The Labute approximate surface area is 172 Å². The number of fused-ring (bicyclic) bond motifs is 1. The van der Waals surface area contributed by atoms with Crippen LogP contribution < -0.4 is 0 Å². The van der Waals surface area contributed by atoms with Gasteiger partial charge in [-0.05, 0) is 32.3 Å². The van der Waals surface area contributed by atoms with E-state index in [-0.39, 0.29) is 23.8 Å². The standard InChI is InChI=1S/C23H28N4O2/c1-15-6-8-18(9-7-15)16(2)23(29)26-12-10-20-19(14-26)13-24-22(25-20)21-5-4-11-27(21)17(3)28/h6-9,13,16,21H,4-5,10-12,14H2,1-3H3/t16-,21-/m1/s1. The molecule has 0 radical (unpaired) electrons. The van der Waals surface area contributed by atoms with Crippen molar-refractivity contribution in [3.63, 3.8) is 0 Å². The van der Waals surface area contributed by atoms with Gasteiger partial charge in [-0.3, -0.25) is 9.59 Å². The lowest BCUT2D eigenvalue weighted by atomic mass is 9.97. The second-order valence-corrected chi connectivity index (χ2v) is 8.21. The van der Waals surface area contributed by atoms with Crippen LogP contribution in [0.2, 0.25) is 0 Å². The number of amides is 2. The molecule has 1 aromatic heterocycles. The summed E-state index contributed by atoms with van der Waals surface area (Å²) < 4.78 is 0. The highest BCUT2D eigenvalue weighted by Gasteiger charge is 2.32. The van der Waals surface area contributed by atoms with E-state index in [1.165, 1.54) is 5.56 Å². The molecule has 6 heteroatoms. The van der Waals surface area contributed by atoms with Crippen molar-refractivity contribution in [3.8, 4) is 0 Å². The minimum Gasteiger partial charge on any atom is -0.337 e. The molecular formula is C23H28N4O2. The first kappa shape index (κ1) is 19.6. The molecule has 0 bridgehead atoms. The number of carbonyl (C=O) groups excluding carboxylic acids is 2. The first-order valence-electron chi connectivity index (χ1n) is 10.4. The van der Waals surface area contributed by atoms with Crippen molar-refractivity contribution in [3.05, 3.63) is 58.7 Å². The molecule has 6 nitrogen and oxygen atoms in total. The number of likely N-dealkylation sites (tertiary alicyclic amines) is 1. The van der Waals surface area contributed by atoms with Crippen molar-refractivity contribution in [2.24, 2.45) is 0 Å². The van der Waals surface area contributed by atoms with Crippen LogP contribution in [0.5, 0.6) is 0 Å². The lowest BCUT2D eigenvalue weighted by Gasteiger charge is -2.31. The summed E-state index contributed by atoms with van der Waals surface area (Å²) in [7, 11) is 0. The van der Waals surface area contributed by atoms with E-state index in [4.69, 9.17) is 4.98 Å². The highest BCUT2D eigenvalue weighted by molar-refractivity contribution is 5.83. The molecular weight excluding hydrogens is 364 g/mol. The van der Waals surface area contributed by atoms with Crippen LogP contribution in [0.15, 0.2) is 30.5 Å². The van der Waals surface area contributed by atoms with Gasteiger partial charge in [-0.1, -0.05) is 29.8 Å². The predicted octanol–water partition coefficient (Wildman–Crippen LogP) is 3.16. The number of aryl methyl sites for hydroxylation is 1. The van der Waals surface area contributed by atoms with Gasteiger partial charge in [-0.15, -0.1) is 0 Å². The zero-order valence-electron chi connectivity index (χ0n) is 17.4. The van der Waals surface area contributed by atoms with Gasteiger partial charge in [0.15, 0.2) is 5.82 Å². The smallest absolute Gasteiger partial charge is 0.230 e. The predicted molar refractivity (Wildman–Crippen MR) is 110 cm³/mol. The average Bonchev–Trinajstić information content (AvgIpc) is 3.23. The van der Waals surface area contributed by atoms with E-state index in [2.05, 4.69) is 4.98 Å². The summed E-state index contributed by atoms with van der Waals surface area (Å²) in [4.78, 5) is 38.0. The Kier molecular flexibility index (Phi) is 5.35. The Morgan fingerprint density at radius 3 is 2.66 bits per heavy atom. The van der Waals surface area contributed by atoms with E-state index < -0.39 is 0 Å². The van der Waals surface area contributed by atoms with Crippen LogP contribution in [0.25, 0.3) is 0 Å². The Morgan fingerprint density at radius 2 is 1.93 bits per heavy atom. The molecule has 0 saturated carbocycles. The Bertz CT molecular complexity index is 925. The van der Waals surface area contributed by atoms with Crippen LogP contribution in [-0.2, 0) is 22.6 Å². The van der Waals surface area contributed by atoms with Gasteiger partial charge in [0.05, 0.1) is 17.7 Å². The fraction of sp³-hybridized carbons (Fsp3) is 0.478. The molecule has 1 aromatic carbocycles. The van der Waals surface area contributed by atoms with Gasteiger partial charge in [-0.25, -0.2) is 9.97 Å². The molecule has 1 saturated heterocycles. The molecule has 0 spiro atoms. The average molecular weight is 393 g/mol. The van der Waals surface area contributed by atoms with E-state index in [0.29, 0.717) is 13.1 Å². The third kappa shape index (κ3) is 3.88. The zero-order chi connectivity index (χ0) is 20.5. The second kappa shape index (κ2) is 7.93. The van der Waals surface area contributed by atoms with Gasteiger partial charge in [0.1, 0.15) is 0 Å². The summed E-state index contributed by atoms with van der Waals surface area (Å²) in [6.45, 7) is 7.62. The van der Waals surface area contributed by atoms with Crippen LogP contribution >= 0.6 is 0 Å². The van der Waals surface area contributed by atoms with Crippen molar-refractivity contribution in [2.75, 3.05) is 13.1 Å². The molecule has 3 heterocycles. The molecule has 29 heavy (non-hydrogen) atoms. The quantitative estimate of drug-likeness (QED) is 0.805. The number of benzene rings is 1. The van der Waals surface area contributed by atoms with E-state index in [1.807, 2.05) is 54.1 Å². The number of hydrogen-bond acceptors (Lipinski definition) is 4. The summed E-state index contributed by atoms with van der Waals surface area (Å²) in [5, 5.41) is 0. The molecule has 2 aliphatic heterocycles. The van der Waals surface area contributed by atoms with E-state index >= 15 is 0 Å². The van der Waals surface area contributed by atoms with E-state index in [9.17, 15) is 9.59 Å². The van der Waals surface area contributed by atoms with Crippen molar-refractivity contribution < 1.29 is 9.59 Å². The Balaban J connectivity index is 1.48. The van der Waals surface area contributed by atoms with Crippen molar-refractivity contribution in [2.45, 2.75) is 58.5 Å². The lowest BCUT2D eigenvalue weighted by molar-refractivity contribution is -0.133. The first-order chi connectivity index (χ1) is 13.9. The van der Waals surface area contributed by atoms with Crippen molar-refractivity contribution >= 4 is 11.8 Å². The number of hydrogen-bond donors (Lipinski definition) is 0. The molecule has 0 N–H and O–H groups in total. The minimum atomic E-state index is -0.167. The molecule has 2 aliphatic rings. The maximum atomic E-state index is 13.0. The van der Waals surface area contributed by atoms with E-state index in [0.717, 1.165) is 48.5 Å². The molecule has 2 atom stereocenters. The Hall–Kier alpha value is -2.76. The Morgan fingerprint density at radius 1 is 1.17 bits per heavy atom. The van der Waals surface area contributed by atoms with Crippen molar-refractivity contribution in [1.29, 1.82) is 0 Å². The van der Waals surface area contributed by atoms with Crippen LogP contribution in [0.4, 0.5) is 0 Å². The fourth-order valence-electron chi connectivity index (χ4n) is 4.36. The fourth-order valence-corrected chi connectivity index (χ4v) is 4.36. The van der Waals surface area contributed by atoms with Crippen LogP contribution in [0.3, 0.4) is 0 Å². The summed E-state index contributed by atoms with van der Waals surface area (Å²) in [5.74, 6) is 0.794. The van der Waals surface area contributed by atoms with Gasteiger partial charge in [0.2, 0.25) is 11.8 Å². The molecule has 1 fully saturated rings. The third-order valence-electron chi connectivity index (χ3n) is 6.17. The maximum Gasteiger partial charge on any atom is 0.230 e. The molecule has 0 aliphatic carbocycles. The summed E-state index contributed by atoms with van der Waals surface area (Å²) in [6.07, 6.45) is 4.48. The second-order valence-electron chi connectivity index (χ2n) is 8.21. The topological polar surface area (TPSA) is 66.4 Å². The third-order valence-corrected chi connectivity index (χ3v) is 6.17. The number of rotatable bonds is 3. The highest BCUT2D eigenvalue weighted by Crippen LogP contribution is 2.31. The van der Waals surface area contributed by atoms with Crippen LogP contribution in [0, 0.1) is 6.92 Å². The molecule has 2 amide bonds.